The van der Waals surface area contributed by atoms with Gasteiger partial charge in [-0.3, -0.25) is 0 Å². The lowest BCUT2D eigenvalue weighted by molar-refractivity contribution is 0.0171. The molecule has 0 bridgehead atoms. The first-order chi connectivity index (χ1) is 7.24. The highest BCUT2D eigenvalue weighted by atomic mass is 32.2. The molecule has 90 valence electrons. The molecule has 1 aromatic rings. The summed E-state index contributed by atoms with van der Waals surface area (Å²) < 4.78 is 49.7. The highest BCUT2D eigenvalue weighted by Crippen LogP contribution is 2.29. The van der Waals surface area contributed by atoms with E-state index in [4.69, 9.17) is 0 Å². The smallest absolute Gasteiger partial charge is 0.238 e. The van der Waals surface area contributed by atoms with Crippen LogP contribution >= 0.6 is 11.3 Å². The minimum Gasteiger partial charge on any atom is -0.238 e. The molecule has 0 aliphatic heterocycles. The molecule has 0 radical (unpaired) electrons. The first-order valence-electron chi connectivity index (χ1n) is 4.19. The largest absolute Gasteiger partial charge is 0.296 e. The Bertz CT molecular complexity index is 476. The summed E-state index contributed by atoms with van der Waals surface area (Å²) in [7, 11) is -3.55. The number of hydrogen-bond donors (Lipinski definition) is 1. The number of alkyl halides is 2. The Hall–Kier alpha value is -0.860. The predicted octanol–water partition coefficient (Wildman–Crippen LogP) is 1.82. The monoisotopic (exact) mass is 268 g/mol. The second kappa shape index (κ2) is 4.56. The van der Waals surface area contributed by atoms with Gasteiger partial charge >= 0.3 is 0 Å². The molecule has 0 saturated heterocycles. The van der Waals surface area contributed by atoms with E-state index in [1.807, 2.05) is 0 Å². The number of aromatic nitrogens is 1. The van der Waals surface area contributed by atoms with Gasteiger partial charge in [-0.15, -0.1) is 11.3 Å². The Balaban J connectivity index is 2.71. The van der Waals surface area contributed by atoms with Gasteiger partial charge in [0.2, 0.25) is 10.0 Å². The van der Waals surface area contributed by atoms with Gasteiger partial charge < -0.3 is 0 Å². The van der Waals surface area contributed by atoms with Crippen molar-refractivity contribution in [3.63, 3.8) is 0 Å². The van der Waals surface area contributed by atoms with Gasteiger partial charge in [-0.25, -0.2) is 18.1 Å². The van der Waals surface area contributed by atoms with Gasteiger partial charge in [0.05, 0.1) is 12.2 Å². The van der Waals surface area contributed by atoms with Crippen LogP contribution in [0.15, 0.2) is 17.4 Å². The van der Waals surface area contributed by atoms with E-state index in [0.29, 0.717) is 0 Å². The Morgan fingerprint density at radius 1 is 1.69 bits per heavy atom. The number of rotatable bonds is 5. The lowest BCUT2D eigenvalue weighted by atomic mass is 10.4. The number of sulfonamides is 1. The van der Waals surface area contributed by atoms with Crippen molar-refractivity contribution in [3.8, 4) is 0 Å². The fraction of sp³-hybridized carbons (Fsp3) is 0.375. The van der Waals surface area contributed by atoms with Crippen molar-refractivity contribution in [2.75, 3.05) is 0 Å². The molecule has 0 saturated carbocycles. The molecule has 0 spiro atoms. The van der Waals surface area contributed by atoms with E-state index < -0.39 is 15.9 Å². The van der Waals surface area contributed by atoms with E-state index in [0.717, 1.165) is 23.7 Å². The SMILES string of the molecule is C=CS(=O)(=O)NCc1csc(C(C)(F)F)n1. The summed E-state index contributed by atoms with van der Waals surface area (Å²) >= 11 is 0.793. The van der Waals surface area contributed by atoms with E-state index in [2.05, 4.69) is 16.3 Å². The van der Waals surface area contributed by atoms with Crippen LogP contribution in [0.1, 0.15) is 17.6 Å². The maximum atomic E-state index is 12.8. The molecule has 4 nitrogen and oxygen atoms in total. The van der Waals surface area contributed by atoms with E-state index in [1.165, 1.54) is 5.38 Å². The molecule has 0 fully saturated rings. The minimum atomic E-state index is -3.55. The zero-order valence-corrected chi connectivity index (χ0v) is 10.0. The summed E-state index contributed by atoms with van der Waals surface area (Å²) in [5.74, 6) is -3.00. The number of thiazole rings is 1. The van der Waals surface area contributed by atoms with Crippen molar-refractivity contribution in [1.82, 2.24) is 9.71 Å². The molecule has 1 rings (SSSR count). The maximum absolute atomic E-state index is 12.8. The van der Waals surface area contributed by atoms with Gasteiger partial charge in [-0.1, -0.05) is 6.58 Å². The molecule has 1 heterocycles. The first kappa shape index (κ1) is 13.2. The first-order valence-corrected chi connectivity index (χ1v) is 6.62. The second-order valence-electron chi connectivity index (χ2n) is 3.07. The number of hydrogen-bond acceptors (Lipinski definition) is 4. The van der Waals surface area contributed by atoms with Crippen LogP contribution in [-0.2, 0) is 22.5 Å². The maximum Gasteiger partial charge on any atom is 0.296 e. The van der Waals surface area contributed by atoms with Crippen molar-refractivity contribution in [3.05, 3.63) is 28.1 Å². The molecule has 16 heavy (non-hydrogen) atoms. The Kier molecular flexibility index (Phi) is 3.76. The van der Waals surface area contributed by atoms with E-state index in [-0.39, 0.29) is 17.2 Å². The molecule has 1 N–H and O–H groups in total. The highest BCUT2D eigenvalue weighted by molar-refractivity contribution is 7.92. The normalized spacial score (nSPS) is 12.7. The number of nitrogens with zero attached hydrogens (tertiary/aromatic N) is 1. The summed E-state index contributed by atoms with van der Waals surface area (Å²) in [6.45, 7) is 3.72. The lowest BCUT2D eigenvalue weighted by Crippen LogP contribution is -2.20. The fourth-order valence-corrected chi connectivity index (χ4v) is 2.05. The van der Waals surface area contributed by atoms with Crippen LogP contribution in [0.4, 0.5) is 8.78 Å². The average molecular weight is 268 g/mol. The van der Waals surface area contributed by atoms with E-state index >= 15 is 0 Å². The molecular formula is C8H10F2N2O2S2. The second-order valence-corrected chi connectivity index (χ2v) is 5.64. The van der Waals surface area contributed by atoms with Crippen LogP contribution in [0.25, 0.3) is 0 Å². The Labute approximate surface area is 96.1 Å². The third-order valence-corrected chi connectivity index (χ3v) is 3.65. The topological polar surface area (TPSA) is 59.1 Å². The van der Waals surface area contributed by atoms with Crippen LogP contribution in [-0.4, -0.2) is 13.4 Å². The standard InChI is InChI=1S/C8H10F2N2O2S2/c1-3-16(13,14)11-4-6-5-15-7(12-6)8(2,9)10/h3,5,11H,1,4H2,2H3. The zero-order chi connectivity index (χ0) is 12.4. The van der Waals surface area contributed by atoms with Crippen molar-refractivity contribution in [2.24, 2.45) is 0 Å². The van der Waals surface area contributed by atoms with Crippen molar-refractivity contribution < 1.29 is 17.2 Å². The highest BCUT2D eigenvalue weighted by Gasteiger charge is 2.28. The minimum absolute atomic E-state index is 0.124. The molecule has 0 atom stereocenters. The fourth-order valence-electron chi connectivity index (χ4n) is 0.823. The Morgan fingerprint density at radius 2 is 2.31 bits per heavy atom. The van der Waals surface area contributed by atoms with Crippen LogP contribution in [0, 0.1) is 0 Å². The van der Waals surface area contributed by atoms with Crippen LogP contribution in [0.5, 0.6) is 0 Å². The number of nitrogens with one attached hydrogen (secondary N) is 1. The molecular weight excluding hydrogens is 258 g/mol. The van der Waals surface area contributed by atoms with Crippen LogP contribution in [0.3, 0.4) is 0 Å². The summed E-state index contributed by atoms with van der Waals surface area (Å²) in [6, 6.07) is 0. The molecule has 0 aliphatic carbocycles. The van der Waals surface area contributed by atoms with Crippen LogP contribution < -0.4 is 4.72 Å². The molecule has 1 aromatic heterocycles. The van der Waals surface area contributed by atoms with Crippen molar-refractivity contribution in [2.45, 2.75) is 19.4 Å². The van der Waals surface area contributed by atoms with Crippen molar-refractivity contribution in [1.29, 1.82) is 0 Å². The summed E-state index contributed by atoms with van der Waals surface area (Å²) in [5, 5.41) is 1.80. The molecule has 0 unspecified atom stereocenters. The molecule has 0 amide bonds. The molecule has 8 heteroatoms. The molecule has 0 aliphatic rings. The van der Waals surface area contributed by atoms with Crippen LogP contribution in [0.2, 0.25) is 0 Å². The van der Waals surface area contributed by atoms with Gasteiger partial charge in [0.1, 0.15) is 0 Å². The lowest BCUT2D eigenvalue weighted by Gasteiger charge is -2.04. The summed E-state index contributed by atoms with van der Waals surface area (Å²) in [5.41, 5.74) is 0.256. The number of halogens is 2. The van der Waals surface area contributed by atoms with Gasteiger partial charge in [0.15, 0.2) is 5.01 Å². The predicted molar refractivity (Wildman–Crippen MR) is 57.6 cm³/mol. The zero-order valence-electron chi connectivity index (χ0n) is 8.41. The van der Waals surface area contributed by atoms with Gasteiger partial charge in [0.25, 0.3) is 5.92 Å². The van der Waals surface area contributed by atoms with Gasteiger partial charge in [-0.2, -0.15) is 8.78 Å². The summed E-state index contributed by atoms with van der Waals surface area (Å²) in [4.78, 5) is 3.63. The van der Waals surface area contributed by atoms with Gasteiger partial charge in [0, 0.05) is 17.7 Å². The quantitative estimate of drug-likeness (QED) is 0.886. The third kappa shape index (κ3) is 3.62. The third-order valence-electron chi connectivity index (χ3n) is 1.60. The van der Waals surface area contributed by atoms with Crippen molar-refractivity contribution >= 4 is 21.4 Å². The molecule has 0 aromatic carbocycles. The van der Waals surface area contributed by atoms with E-state index in [9.17, 15) is 17.2 Å². The average Bonchev–Trinajstić information content (AvgIpc) is 2.63. The Morgan fingerprint density at radius 3 is 2.75 bits per heavy atom. The summed E-state index contributed by atoms with van der Waals surface area (Å²) in [6.07, 6.45) is 0. The van der Waals surface area contributed by atoms with E-state index in [1.54, 1.807) is 0 Å². The van der Waals surface area contributed by atoms with Gasteiger partial charge in [-0.05, 0) is 0 Å².